The summed E-state index contributed by atoms with van der Waals surface area (Å²) < 4.78 is 46.6. The van der Waals surface area contributed by atoms with Crippen molar-refractivity contribution in [2.24, 2.45) is 0 Å². The monoisotopic (exact) mass is 711 g/mol. The zero-order valence-electron chi connectivity index (χ0n) is 28.1. The summed E-state index contributed by atoms with van der Waals surface area (Å²) in [7, 11) is 0.295. The molecule has 3 aromatic carbocycles. The average molecular weight is 712 g/mol. The van der Waals surface area contributed by atoms with Crippen molar-refractivity contribution in [3.8, 4) is 17.2 Å². The van der Waals surface area contributed by atoms with Crippen LogP contribution in [-0.4, -0.2) is 108 Å². The summed E-state index contributed by atoms with van der Waals surface area (Å²) in [6.07, 6.45) is 2.16. The van der Waals surface area contributed by atoms with Crippen molar-refractivity contribution in [1.29, 1.82) is 0 Å². The summed E-state index contributed by atoms with van der Waals surface area (Å²) in [4.78, 5) is 35.7. The summed E-state index contributed by atoms with van der Waals surface area (Å²) in [5.41, 5.74) is -1.48. The quantitative estimate of drug-likeness (QED) is 0.349. The van der Waals surface area contributed by atoms with E-state index < -0.39 is 27.5 Å². The molecule has 0 saturated carbocycles. The summed E-state index contributed by atoms with van der Waals surface area (Å²) in [6, 6.07) is 15.5. The Kier molecular flexibility index (Phi) is 9.99. The number of para-hydroxylation sites is 1. The lowest BCUT2D eigenvalue weighted by atomic mass is 9.83. The largest absolute Gasteiger partial charge is 0.497 e. The van der Waals surface area contributed by atoms with Crippen LogP contribution in [0.1, 0.15) is 30.9 Å². The Balaban J connectivity index is 1.43. The van der Waals surface area contributed by atoms with Gasteiger partial charge in [-0.2, -0.15) is 4.31 Å². The second-order valence-corrected chi connectivity index (χ2v) is 14.6. The van der Waals surface area contributed by atoms with Gasteiger partial charge in [-0.1, -0.05) is 29.8 Å². The maximum Gasteiger partial charge on any atom is 0.318 e. The highest BCUT2D eigenvalue weighted by molar-refractivity contribution is 7.93. The molecule has 1 unspecified atom stereocenters. The molecule has 1 N–H and O–H groups in total. The Hall–Kier alpha value is -4.04. The summed E-state index contributed by atoms with van der Waals surface area (Å²) in [5, 5.41) is 3.28. The van der Waals surface area contributed by atoms with Gasteiger partial charge in [-0.05, 0) is 76.3 Å². The van der Waals surface area contributed by atoms with Gasteiger partial charge in [-0.3, -0.25) is 9.69 Å². The number of hydrogen-bond acceptors (Lipinski definition) is 9. The van der Waals surface area contributed by atoms with Crippen molar-refractivity contribution in [3.63, 3.8) is 0 Å². The van der Waals surface area contributed by atoms with E-state index in [2.05, 4.69) is 22.2 Å². The molecule has 3 aromatic rings. The molecule has 0 radical (unpaired) electrons. The molecule has 2 fully saturated rings. The molecule has 3 aliphatic heterocycles. The molecule has 3 amide bonds. The molecule has 3 heterocycles. The maximum absolute atomic E-state index is 15.1. The van der Waals surface area contributed by atoms with Gasteiger partial charge in [0.25, 0.3) is 15.9 Å². The van der Waals surface area contributed by atoms with Gasteiger partial charge in [0.05, 0.1) is 26.5 Å². The smallest absolute Gasteiger partial charge is 0.318 e. The van der Waals surface area contributed by atoms with E-state index in [0.29, 0.717) is 43.7 Å². The molecule has 0 spiro atoms. The van der Waals surface area contributed by atoms with Crippen molar-refractivity contribution in [2.75, 3.05) is 71.4 Å². The third-order valence-corrected chi connectivity index (χ3v) is 11.6. The van der Waals surface area contributed by atoms with Gasteiger partial charge in [0.2, 0.25) is 0 Å². The van der Waals surface area contributed by atoms with E-state index >= 15 is 4.79 Å². The Bertz CT molecular complexity index is 1830. The minimum absolute atomic E-state index is 0.0126. The first kappa shape index (κ1) is 34.8. The fourth-order valence-electron chi connectivity index (χ4n) is 7.08. The number of fused-ring (bicyclic) bond motifs is 1. The van der Waals surface area contributed by atoms with E-state index in [-0.39, 0.29) is 39.1 Å². The van der Waals surface area contributed by atoms with Crippen LogP contribution in [0.2, 0.25) is 5.02 Å². The Morgan fingerprint density at radius 2 is 1.63 bits per heavy atom. The number of amides is 3. The number of hydrogen-bond donors (Lipinski definition) is 1. The number of benzene rings is 3. The number of piperazine rings is 1. The standard InChI is InChI=1S/C35H42ClN5O7S/c1-5-48-30-9-7-6-8-27(30)35(37-34(43)40-20-18-39(19-21-40)25-14-16-38(2)17-15-25)28-22-24(36)10-12-29(28)41(33(35)42)49(44,45)32-13-11-26(46-3)23-31(32)47-4/h6-13,22-23,25H,5,14-21H2,1-4H3,(H,37,43). The van der Waals surface area contributed by atoms with Crippen LogP contribution in [0.5, 0.6) is 17.2 Å². The second kappa shape index (κ2) is 14.1. The van der Waals surface area contributed by atoms with Crippen LogP contribution in [0.25, 0.3) is 0 Å². The number of sulfonamides is 1. The topological polar surface area (TPSA) is 121 Å². The SMILES string of the molecule is CCOc1ccccc1C1(NC(=O)N2CCN(C3CCN(C)CC3)CC2)C(=O)N(S(=O)(=O)c2ccc(OC)cc2OC)c2ccc(Cl)cc21. The van der Waals surface area contributed by atoms with Crippen LogP contribution < -0.4 is 23.8 Å². The highest BCUT2D eigenvalue weighted by atomic mass is 35.5. The van der Waals surface area contributed by atoms with E-state index in [9.17, 15) is 13.2 Å². The molecule has 6 rings (SSSR count). The van der Waals surface area contributed by atoms with Crippen LogP contribution >= 0.6 is 11.6 Å². The van der Waals surface area contributed by atoms with Gasteiger partial charge in [-0.15, -0.1) is 0 Å². The Morgan fingerprint density at radius 3 is 2.31 bits per heavy atom. The molecule has 3 aliphatic rings. The third kappa shape index (κ3) is 6.29. The molecule has 49 heavy (non-hydrogen) atoms. The summed E-state index contributed by atoms with van der Waals surface area (Å²) >= 11 is 6.55. The molecule has 0 aromatic heterocycles. The Labute approximate surface area is 292 Å². The van der Waals surface area contributed by atoms with E-state index in [1.54, 1.807) is 36.1 Å². The van der Waals surface area contributed by atoms with Crippen LogP contribution in [0.4, 0.5) is 10.5 Å². The number of anilines is 1. The molecule has 262 valence electrons. The van der Waals surface area contributed by atoms with Crippen molar-refractivity contribution in [1.82, 2.24) is 20.0 Å². The van der Waals surface area contributed by atoms with Crippen molar-refractivity contribution in [2.45, 2.75) is 36.2 Å². The lowest BCUT2D eigenvalue weighted by molar-refractivity contribution is -0.121. The van der Waals surface area contributed by atoms with Gasteiger partial charge < -0.3 is 29.3 Å². The average Bonchev–Trinajstić information content (AvgIpc) is 3.36. The van der Waals surface area contributed by atoms with E-state index in [0.717, 1.165) is 30.2 Å². The predicted octanol–water partition coefficient (Wildman–Crippen LogP) is 4.16. The number of rotatable bonds is 9. The first-order chi connectivity index (χ1) is 23.5. The molecule has 0 bridgehead atoms. The number of ether oxygens (including phenoxy) is 3. The number of likely N-dealkylation sites (tertiary alicyclic amines) is 1. The maximum atomic E-state index is 15.1. The van der Waals surface area contributed by atoms with Crippen LogP contribution in [-0.2, 0) is 20.4 Å². The number of carbonyl (C=O) groups excluding carboxylic acids is 2. The first-order valence-electron chi connectivity index (χ1n) is 16.4. The molecule has 0 aliphatic carbocycles. The van der Waals surface area contributed by atoms with Gasteiger partial charge in [0.1, 0.15) is 22.1 Å². The fourth-order valence-corrected chi connectivity index (χ4v) is 8.86. The van der Waals surface area contributed by atoms with Crippen molar-refractivity contribution >= 4 is 39.2 Å². The third-order valence-electron chi connectivity index (χ3n) is 9.67. The lowest BCUT2D eigenvalue weighted by Gasteiger charge is -2.43. The number of piperidine rings is 1. The second-order valence-electron chi connectivity index (χ2n) is 12.4. The number of carbonyl (C=O) groups is 2. The Morgan fingerprint density at radius 1 is 0.918 bits per heavy atom. The molecule has 12 nitrogen and oxygen atoms in total. The van der Waals surface area contributed by atoms with Crippen LogP contribution in [0, 0.1) is 0 Å². The van der Waals surface area contributed by atoms with Gasteiger partial charge in [-0.25, -0.2) is 13.2 Å². The lowest BCUT2D eigenvalue weighted by Crippen LogP contribution is -2.61. The minimum atomic E-state index is -4.63. The zero-order valence-corrected chi connectivity index (χ0v) is 29.7. The number of urea groups is 1. The highest BCUT2D eigenvalue weighted by Gasteiger charge is 2.59. The van der Waals surface area contributed by atoms with Crippen molar-refractivity contribution < 1.29 is 32.2 Å². The van der Waals surface area contributed by atoms with E-state index in [1.807, 2.05) is 0 Å². The molecule has 2 saturated heterocycles. The number of methoxy groups -OCH3 is 2. The summed E-state index contributed by atoms with van der Waals surface area (Å²) in [6.45, 7) is 6.43. The molecular formula is C35H42ClN5O7S. The van der Waals surface area contributed by atoms with Gasteiger partial charge in [0, 0.05) is 54.4 Å². The molecular weight excluding hydrogens is 670 g/mol. The van der Waals surface area contributed by atoms with Gasteiger partial charge >= 0.3 is 6.03 Å². The highest BCUT2D eigenvalue weighted by Crippen LogP contribution is 2.50. The fraction of sp³-hybridized carbons (Fsp3) is 0.429. The van der Waals surface area contributed by atoms with Crippen LogP contribution in [0.3, 0.4) is 0 Å². The minimum Gasteiger partial charge on any atom is -0.497 e. The predicted molar refractivity (Wildman–Crippen MR) is 186 cm³/mol. The first-order valence-corrected chi connectivity index (χ1v) is 18.2. The van der Waals surface area contributed by atoms with E-state index in [4.69, 9.17) is 25.8 Å². The molecule has 14 heteroatoms. The molecule has 1 atom stereocenters. The van der Waals surface area contributed by atoms with Crippen molar-refractivity contribution in [3.05, 3.63) is 76.8 Å². The number of halogens is 1. The van der Waals surface area contributed by atoms with E-state index in [1.165, 1.54) is 50.6 Å². The summed E-state index contributed by atoms with van der Waals surface area (Å²) in [5.74, 6) is -0.230. The van der Waals surface area contributed by atoms with Crippen LogP contribution in [0.15, 0.2) is 65.6 Å². The zero-order chi connectivity index (χ0) is 34.9. The normalized spacial score (nSPS) is 20.6. The number of nitrogens with one attached hydrogen (secondary N) is 1. The number of nitrogens with zero attached hydrogens (tertiary/aromatic N) is 4. The van der Waals surface area contributed by atoms with Gasteiger partial charge in [0.15, 0.2) is 5.54 Å².